The summed E-state index contributed by atoms with van der Waals surface area (Å²) in [6.45, 7) is 10.5. The third-order valence-corrected chi connectivity index (χ3v) is 6.37. The molecule has 0 aliphatic heterocycles. The third-order valence-electron chi connectivity index (χ3n) is 2.60. The lowest BCUT2D eigenvalue weighted by atomic mass is 10.4. The summed E-state index contributed by atoms with van der Waals surface area (Å²) < 4.78 is 47.3. The van der Waals surface area contributed by atoms with Gasteiger partial charge in [0.05, 0.1) is 21.3 Å². The van der Waals surface area contributed by atoms with Crippen LogP contribution in [0.15, 0.2) is 23.0 Å². The standard InChI is InChI=1S/C12H22O4S2/c1-5-7-9-17(13,14)11(3)12(4)18(15,16)10-8-6-2/h3-10H2,1-2H3. The fourth-order valence-electron chi connectivity index (χ4n) is 1.26. The SMILES string of the molecule is C=C(C(=C)S(=O)(=O)CCCC)S(=O)(=O)CCCC. The van der Waals surface area contributed by atoms with Crippen LogP contribution in [0.1, 0.15) is 39.5 Å². The highest BCUT2D eigenvalue weighted by Crippen LogP contribution is 2.22. The lowest BCUT2D eigenvalue weighted by Gasteiger charge is -2.10. The first-order valence-corrected chi connectivity index (χ1v) is 9.33. The summed E-state index contributed by atoms with van der Waals surface area (Å²) in [7, 11) is -7.21. The Labute approximate surface area is 111 Å². The Kier molecular flexibility index (Phi) is 6.84. The molecule has 4 nitrogen and oxygen atoms in total. The zero-order valence-electron chi connectivity index (χ0n) is 11.1. The fraction of sp³-hybridized carbons (Fsp3) is 0.667. The normalized spacial score (nSPS) is 12.3. The van der Waals surface area contributed by atoms with Crippen molar-refractivity contribution in [2.24, 2.45) is 0 Å². The predicted molar refractivity (Wildman–Crippen MR) is 75.7 cm³/mol. The molecule has 0 radical (unpaired) electrons. The Morgan fingerprint density at radius 3 is 1.28 bits per heavy atom. The highest BCUT2D eigenvalue weighted by atomic mass is 32.2. The Morgan fingerprint density at radius 1 is 0.778 bits per heavy atom. The van der Waals surface area contributed by atoms with E-state index in [0.29, 0.717) is 12.8 Å². The van der Waals surface area contributed by atoms with Crippen molar-refractivity contribution >= 4 is 19.7 Å². The van der Waals surface area contributed by atoms with Crippen molar-refractivity contribution in [2.75, 3.05) is 11.5 Å². The summed E-state index contributed by atoms with van der Waals surface area (Å²) in [6, 6.07) is 0. The molecule has 0 spiro atoms. The Balaban J connectivity index is 4.96. The van der Waals surface area contributed by atoms with E-state index in [1.54, 1.807) is 0 Å². The molecular formula is C12H22O4S2. The fourth-order valence-corrected chi connectivity index (χ4v) is 4.55. The summed E-state index contributed by atoms with van der Waals surface area (Å²) in [5.41, 5.74) is 0. The summed E-state index contributed by atoms with van der Waals surface area (Å²) in [4.78, 5) is -0.709. The summed E-state index contributed by atoms with van der Waals surface area (Å²) in [6.07, 6.45) is 2.43. The van der Waals surface area contributed by atoms with Gasteiger partial charge < -0.3 is 0 Å². The van der Waals surface area contributed by atoms with Gasteiger partial charge in [0.15, 0.2) is 19.7 Å². The monoisotopic (exact) mass is 294 g/mol. The van der Waals surface area contributed by atoms with E-state index in [9.17, 15) is 16.8 Å². The average molecular weight is 294 g/mol. The van der Waals surface area contributed by atoms with Crippen LogP contribution in [0.3, 0.4) is 0 Å². The lowest BCUT2D eigenvalue weighted by Crippen LogP contribution is -2.16. The zero-order valence-corrected chi connectivity index (χ0v) is 12.7. The van der Waals surface area contributed by atoms with Gasteiger partial charge in [-0.3, -0.25) is 0 Å². The first kappa shape index (κ1) is 17.4. The Morgan fingerprint density at radius 2 is 1.06 bits per heavy atom. The molecule has 0 rings (SSSR count). The van der Waals surface area contributed by atoms with E-state index in [1.165, 1.54) is 0 Å². The van der Waals surface area contributed by atoms with E-state index in [4.69, 9.17) is 0 Å². The van der Waals surface area contributed by atoms with E-state index < -0.39 is 19.7 Å². The molecule has 106 valence electrons. The molecule has 0 bridgehead atoms. The average Bonchev–Trinajstić information content (AvgIpc) is 2.32. The van der Waals surface area contributed by atoms with Crippen molar-refractivity contribution < 1.29 is 16.8 Å². The van der Waals surface area contributed by atoms with Crippen molar-refractivity contribution in [1.82, 2.24) is 0 Å². The van der Waals surface area contributed by atoms with Gasteiger partial charge in [0.25, 0.3) is 0 Å². The highest BCUT2D eigenvalue weighted by Gasteiger charge is 2.26. The van der Waals surface area contributed by atoms with Crippen molar-refractivity contribution in [3.8, 4) is 0 Å². The topological polar surface area (TPSA) is 68.3 Å². The third kappa shape index (κ3) is 4.94. The molecule has 0 aromatic carbocycles. The number of rotatable bonds is 9. The van der Waals surface area contributed by atoms with Crippen LogP contribution in [0, 0.1) is 0 Å². The number of unbranched alkanes of at least 4 members (excludes halogenated alkanes) is 2. The molecule has 0 aliphatic carbocycles. The molecule has 18 heavy (non-hydrogen) atoms. The van der Waals surface area contributed by atoms with Gasteiger partial charge in [0, 0.05) is 0 Å². The molecule has 0 heterocycles. The van der Waals surface area contributed by atoms with Gasteiger partial charge in [0.2, 0.25) is 0 Å². The van der Waals surface area contributed by atoms with Crippen LogP contribution < -0.4 is 0 Å². The molecule has 0 saturated heterocycles. The largest absolute Gasteiger partial charge is 0.224 e. The van der Waals surface area contributed by atoms with E-state index in [0.717, 1.165) is 12.8 Å². The molecule has 0 aliphatic rings. The van der Waals surface area contributed by atoms with Crippen molar-refractivity contribution in [1.29, 1.82) is 0 Å². The van der Waals surface area contributed by atoms with E-state index in [1.807, 2.05) is 13.8 Å². The van der Waals surface area contributed by atoms with Gasteiger partial charge in [-0.15, -0.1) is 0 Å². The van der Waals surface area contributed by atoms with Gasteiger partial charge in [-0.1, -0.05) is 39.8 Å². The quantitative estimate of drug-likeness (QED) is 0.612. The number of sulfone groups is 2. The molecule has 0 saturated carbocycles. The molecule has 0 aromatic rings. The maximum atomic E-state index is 11.8. The van der Waals surface area contributed by atoms with Gasteiger partial charge in [-0.2, -0.15) is 0 Å². The van der Waals surface area contributed by atoms with Gasteiger partial charge >= 0.3 is 0 Å². The first-order valence-electron chi connectivity index (χ1n) is 6.02. The maximum Gasteiger partial charge on any atom is 0.179 e. The molecule has 0 N–H and O–H groups in total. The maximum absolute atomic E-state index is 11.8. The van der Waals surface area contributed by atoms with Crippen LogP contribution in [-0.4, -0.2) is 28.3 Å². The van der Waals surface area contributed by atoms with E-state index >= 15 is 0 Å². The summed E-state index contributed by atoms with van der Waals surface area (Å²) >= 11 is 0. The number of hydrogen-bond acceptors (Lipinski definition) is 4. The lowest BCUT2D eigenvalue weighted by molar-refractivity contribution is 0.593. The molecule has 0 amide bonds. The molecule has 0 unspecified atom stereocenters. The molecule has 6 heteroatoms. The molecular weight excluding hydrogens is 272 g/mol. The minimum absolute atomic E-state index is 0.0787. The minimum Gasteiger partial charge on any atom is -0.224 e. The van der Waals surface area contributed by atoms with Crippen LogP contribution >= 0.6 is 0 Å². The summed E-state index contributed by atoms with van der Waals surface area (Å²) in [5, 5.41) is 0. The second-order valence-electron chi connectivity index (χ2n) is 4.19. The smallest absolute Gasteiger partial charge is 0.179 e. The van der Waals surface area contributed by atoms with Crippen LogP contribution in [0.4, 0.5) is 0 Å². The summed E-state index contributed by atoms with van der Waals surface area (Å²) in [5.74, 6) is -0.157. The predicted octanol–water partition coefficient (Wildman–Crippen LogP) is 2.44. The number of hydrogen-bond donors (Lipinski definition) is 0. The van der Waals surface area contributed by atoms with Crippen LogP contribution in [0.5, 0.6) is 0 Å². The van der Waals surface area contributed by atoms with Gasteiger partial charge in [-0.05, 0) is 12.8 Å². The molecule has 0 aromatic heterocycles. The van der Waals surface area contributed by atoms with E-state index in [2.05, 4.69) is 13.2 Å². The van der Waals surface area contributed by atoms with Crippen molar-refractivity contribution in [3.63, 3.8) is 0 Å². The molecule has 0 atom stereocenters. The van der Waals surface area contributed by atoms with Crippen LogP contribution in [0.25, 0.3) is 0 Å². The minimum atomic E-state index is -3.60. The van der Waals surface area contributed by atoms with Gasteiger partial charge in [0.1, 0.15) is 0 Å². The molecule has 0 fully saturated rings. The Bertz CT molecular complexity index is 450. The van der Waals surface area contributed by atoms with Crippen molar-refractivity contribution in [2.45, 2.75) is 39.5 Å². The van der Waals surface area contributed by atoms with Gasteiger partial charge in [-0.25, -0.2) is 16.8 Å². The Hall–Kier alpha value is -0.620. The highest BCUT2D eigenvalue weighted by molar-refractivity contribution is 8.00. The second kappa shape index (κ2) is 7.09. The van der Waals surface area contributed by atoms with Crippen molar-refractivity contribution in [3.05, 3.63) is 23.0 Å². The first-order chi connectivity index (χ1) is 8.19. The second-order valence-corrected chi connectivity index (χ2v) is 8.45. The van der Waals surface area contributed by atoms with Crippen LogP contribution in [0.2, 0.25) is 0 Å². The zero-order chi connectivity index (χ0) is 14.4. The van der Waals surface area contributed by atoms with E-state index in [-0.39, 0.29) is 21.3 Å². The van der Waals surface area contributed by atoms with Crippen LogP contribution in [-0.2, 0) is 19.7 Å².